The van der Waals surface area contributed by atoms with Crippen LogP contribution in [0.5, 0.6) is 0 Å². The zero-order valence-corrected chi connectivity index (χ0v) is 11.9. The van der Waals surface area contributed by atoms with Gasteiger partial charge in [-0.25, -0.2) is 0 Å². The quantitative estimate of drug-likeness (QED) is 0.676. The maximum absolute atomic E-state index is 3.77. The van der Waals surface area contributed by atoms with E-state index in [1.54, 1.807) is 0 Å². The van der Waals surface area contributed by atoms with Crippen LogP contribution < -0.4 is 5.32 Å². The molecule has 17 heavy (non-hydrogen) atoms. The van der Waals surface area contributed by atoms with Gasteiger partial charge in [0, 0.05) is 6.04 Å². The summed E-state index contributed by atoms with van der Waals surface area (Å²) in [6.45, 7) is 6.09. The molecule has 0 aromatic heterocycles. The van der Waals surface area contributed by atoms with Gasteiger partial charge in [-0.15, -0.1) is 0 Å². The van der Waals surface area contributed by atoms with Crippen molar-refractivity contribution in [1.29, 1.82) is 0 Å². The van der Waals surface area contributed by atoms with Crippen LogP contribution in [0.1, 0.15) is 71.6 Å². The Hall–Kier alpha value is -0.0400. The molecule has 0 heterocycles. The van der Waals surface area contributed by atoms with E-state index in [9.17, 15) is 0 Å². The lowest BCUT2D eigenvalue weighted by atomic mass is 9.99. The first kappa shape index (κ1) is 13.4. The smallest absolute Gasteiger partial charge is 0.00926 e. The molecule has 0 aliphatic heterocycles. The first-order valence-electron chi connectivity index (χ1n) is 7.99. The third-order valence-corrected chi connectivity index (χ3v) is 5.11. The summed E-state index contributed by atoms with van der Waals surface area (Å²) in [5.41, 5.74) is 0. The maximum Gasteiger partial charge on any atom is 0.00926 e. The van der Waals surface area contributed by atoms with E-state index in [-0.39, 0.29) is 0 Å². The van der Waals surface area contributed by atoms with Gasteiger partial charge in [0.05, 0.1) is 0 Å². The van der Waals surface area contributed by atoms with E-state index in [1.807, 2.05) is 0 Å². The molecule has 2 saturated carbocycles. The first-order valence-corrected chi connectivity index (χ1v) is 7.99. The molecule has 0 spiro atoms. The standard InChI is InChI=1S/C16H31N/c1-13-9-10-15(12-13)7-3-4-11-17-16-8-5-6-14(16)2/h13-17H,3-12H2,1-2H3/t13-,14?,15?,16?/m0/s1. The van der Waals surface area contributed by atoms with Gasteiger partial charge in [-0.3, -0.25) is 0 Å². The zero-order chi connectivity index (χ0) is 12.1. The second-order valence-electron chi connectivity index (χ2n) is 6.75. The summed E-state index contributed by atoms with van der Waals surface area (Å²) in [7, 11) is 0. The van der Waals surface area contributed by atoms with E-state index in [1.165, 1.54) is 64.3 Å². The maximum atomic E-state index is 3.77. The van der Waals surface area contributed by atoms with Crippen LogP contribution in [0, 0.1) is 17.8 Å². The molecule has 3 unspecified atom stereocenters. The number of unbranched alkanes of at least 4 members (excludes halogenated alkanes) is 1. The number of nitrogens with one attached hydrogen (secondary N) is 1. The highest BCUT2D eigenvalue weighted by molar-refractivity contribution is 4.80. The summed E-state index contributed by atoms with van der Waals surface area (Å²) in [5.74, 6) is 3.00. The van der Waals surface area contributed by atoms with Crippen molar-refractivity contribution in [1.82, 2.24) is 5.32 Å². The topological polar surface area (TPSA) is 12.0 Å². The van der Waals surface area contributed by atoms with Crippen LogP contribution in [-0.2, 0) is 0 Å². The minimum Gasteiger partial charge on any atom is -0.314 e. The summed E-state index contributed by atoms with van der Waals surface area (Å²) in [6.07, 6.45) is 13.1. The van der Waals surface area contributed by atoms with Gasteiger partial charge in [0.1, 0.15) is 0 Å². The van der Waals surface area contributed by atoms with Crippen molar-refractivity contribution >= 4 is 0 Å². The van der Waals surface area contributed by atoms with Crippen LogP contribution in [0.25, 0.3) is 0 Å². The van der Waals surface area contributed by atoms with E-state index < -0.39 is 0 Å². The summed E-state index contributed by atoms with van der Waals surface area (Å²) in [6, 6.07) is 0.835. The van der Waals surface area contributed by atoms with Crippen molar-refractivity contribution in [2.45, 2.75) is 77.7 Å². The Morgan fingerprint density at radius 1 is 1.00 bits per heavy atom. The normalized spacial score (nSPS) is 37.8. The molecular weight excluding hydrogens is 206 g/mol. The number of hydrogen-bond donors (Lipinski definition) is 1. The van der Waals surface area contributed by atoms with E-state index in [0.29, 0.717) is 0 Å². The molecule has 1 heteroatoms. The summed E-state index contributed by atoms with van der Waals surface area (Å²) in [5, 5.41) is 3.77. The van der Waals surface area contributed by atoms with Crippen molar-refractivity contribution in [2.24, 2.45) is 17.8 Å². The second-order valence-corrected chi connectivity index (χ2v) is 6.75. The number of hydrogen-bond acceptors (Lipinski definition) is 1. The lowest BCUT2D eigenvalue weighted by Crippen LogP contribution is -2.31. The molecule has 4 atom stereocenters. The number of rotatable bonds is 6. The monoisotopic (exact) mass is 237 g/mol. The van der Waals surface area contributed by atoms with Gasteiger partial charge < -0.3 is 5.32 Å². The van der Waals surface area contributed by atoms with Gasteiger partial charge in [0.15, 0.2) is 0 Å². The van der Waals surface area contributed by atoms with Gasteiger partial charge in [-0.1, -0.05) is 46.0 Å². The van der Waals surface area contributed by atoms with Gasteiger partial charge in [-0.2, -0.15) is 0 Å². The van der Waals surface area contributed by atoms with Crippen LogP contribution in [0.4, 0.5) is 0 Å². The molecule has 2 aliphatic rings. The fourth-order valence-electron chi connectivity index (χ4n) is 3.88. The minimum absolute atomic E-state index is 0.835. The lowest BCUT2D eigenvalue weighted by molar-refractivity contribution is 0.405. The van der Waals surface area contributed by atoms with Crippen molar-refractivity contribution < 1.29 is 0 Å². The summed E-state index contributed by atoms with van der Waals surface area (Å²) >= 11 is 0. The van der Waals surface area contributed by atoms with Crippen LogP contribution in [0.2, 0.25) is 0 Å². The molecule has 0 saturated heterocycles. The fourth-order valence-corrected chi connectivity index (χ4v) is 3.88. The van der Waals surface area contributed by atoms with Gasteiger partial charge in [0.25, 0.3) is 0 Å². The Morgan fingerprint density at radius 3 is 2.53 bits per heavy atom. The molecule has 0 aromatic rings. The molecular formula is C16H31N. The molecule has 2 rings (SSSR count). The van der Waals surface area contributed by atoms with E-state index in [2.05, 4.69) is 19.2 Å². The van der Waals surface area contributed by atoms with Crippen molar-refractivity contribution in [3.05, 3.63) is 0 Å². The molecule has 2 fully saturated rings. The van der Waals surface area contributed by atoms with Crippen molar-refractivity contribution in [2.75, 3.05) is 6.54 Å². The Bertz CT molecular complexity index is 214. The highest BCUT2D eigenvalue weighted by Gasteiger charge is 2.22. The lowest BCUT2D eigenvalue weighted by Gasteiger charge is -2.17. The minimum atomic E-state index is 0.835. The molecule has 1 nitrogen and oxygen atoms in total. The van der Waals surface area contributed by atoms with E-state index >= 15 is 0 Å². The Kier molecular flexibility index (Phi) is 5.34. The van der Waals surface area contributed by atoms with Crippen LogP contribution >= 0.6 is 0 Å². The van der Waals surface area contributed by atoms with Crippen molar-refractivity contribution in [3.63, 3.8) is 0 Å². The van der Waals surface area contributed by atoms with Gasteiger partial charge >= 0.3 is 0 Å². The van der Waals surface area contributed by atoms with Crippen LogP contribution in [0.15, 0.2) is 0 Å². The average Bonchev–Trinajstić information content (AvgIpc) is 2.88. The molecule has 0 bridgehead atoms. The fraction of sp³-hybridized carbons (Fsp3) is 1.00. The summed E-state index contributed by atoms with van der Waals surface area (Å²) < 4.78 is 0. The molecule has 0 radical (unpaired) electrons. The van der Waals surface area contributed by atoms with Gasteiger partial charge in [0.2, 0.25) is 0 Å². The molecule has 0 amide bonds. The van der Waals surface area contributed by atoms with E-state index in [4.69, 9.17) is 0 Å². The van der Waals surface area contributed by atoms with Crippen LogP contribution in [-0.4, -0.2) is 12.6 Å². The van der Waals surface area contributed by atoms with E-state index in [0.717, 1.165) is 23.8 Å². The predicted octanol–water partition coefficient (Wildman–Crippen LogP) is 4.37. The van der Waals surface area contributed by atoms with Crippen LogP contribution in [0.3, 0.4) is 0 Å². The molecule has 100 valence electrons. The molecule has 1 N–H and O–H groups in total. The highest BCUT2D eigenvalue weighted by atomic mass is 14.9. The Balaban J connectivity index is 1.46. The second kappa shape index (κ2) is 6.78. The Labute approximate surface area is 108 Å². The predicted molar refractivity (Wildman–Crippen MR) is 75.2 cm³/mol. The Morgan fingerprint density at radius 2 is 1.88 bits per heavy atom. The molecule has 0 aromatic carbocycles. The zero-order valence-electron chi connectivity index (χ0n) is 11.9. The van der Waals surface area contributed by atoms with Gasteiger partial charge in [-0.05, 0) is 50.0 Å². The molecule has 2 aliphatic carbocycles. The highest BCUT2D eigenvalue weighted by Crippen LogP contribution is 2.33. The third-order valence-electron chi connectivity index (χ3n) is 5.11. The largest absolute Gasteiger partial charge is 0.314 e. The average molecular weight is 237 g/mol. The van der Waals surface area contributed by atoms with Crippen molar-refractivity contribution in [3.8, 4) is 0 Å². The summed E-state index contributed by atoms with van der Waals surface area (Å²) in [4.78, 5) is 0. The third kappa shape index (κ3) is 4.28. The first-order chi connectivity index (χ1) is 8.25. The SMILES string of the molecule is CC1CCCC1NCCCCC1CC[C@H](C)C1.